The minimum absolute atomic E-state index is 0.277. The summed E-state index contributed by atoms with van der Waals surface area (Å²) in [5.74, 6) is 0.0699. The summed E-state index contributed by atoms with van der Waals surface area (Å²) in [5.41, 5.74) is -1.33. The van der Waals surface area contributed by atoms with Gasteiger partial charge in [-0.25, -0.2) is 4.98 Å². The number of halogens is 3. The van der Waals surface area contributed by atoms with Crippen LogP contribution in [0.25, 0.3) is 0 Å². The molecule has 2 aromatic rings. The van der Waals surface area contributed by atoms with E-state index < -0.39 is 40.9 Å². The van der Waals surface area contributed by atoms with E-state index in [1.807, 2.05) is 0 Å². The number of fused-ring (bicyclic) bond motifs is 5. The van der Waals surface area contributed by atoms with Crippen molar-refractivity contribution in [1.29, 1.82) is 0 Å². The molecule has 2 bridgehead atoms. The number of aromatic nitrogens is 1. The molecular formula is C21H19F3N2O4. The Balaban J connectivity index is 1.46. The Morgan fingerprint density at radius 2 is 2.03 bits per heavy atom. The highest BCUT2D eigenvalue weighted by molar-refractivity contribution is 6.01. The third-order valence-electron chi connectivity index (χ3n) is 6.71. The first-order valence-corrected chi connectivity index (χ1v) is 9.55. The van der Waals surface area contributed by atoms with Gasteiger partial charge in [-0.05, 0) is 42.3 Å². The highest BCUT2D eigenvalue weighted by Gasteiger charge is 2.87. The molecule has 3 aliphatic rings. The number of hydrogen-bond donors (Lipinski definition) is 2. The maximum atomic E-state index is 13.3. The summed E-state index contributed by atoms with van der Waals surface area (Å²) in [6, 6.07) is 7.86. The van der Waals surface area contributed by atoms with Crippen LogP contribution in [0.4, 0.5) is 18.9 Å². The molecule has 0 radical (unpaired) electrons. The van der Waals surface area contributed by atoms with Gasteiger partial charge in [0.05, 0.1) is 36.4 Å². The van der Waals surface area contributed by atoms with Gasteiger partial charge < -0.3 is 19.9 Å². The van der Waals surface area contributed by atoms with E-state index in [1.54, 1.807) is 18.3 Å². The molecule has 3 heterocycles. The van der Waals surface area contributed by atoms with Crippen molar-refractivity contribution in [2.75, 3.05) is 12.4 Å². The standard InChI is InChI=1S/C21H19F3N2O4/c1-29-16-8-12(6-7-25-16)19-10-20(19,15-9-14(27)17(19)30-15)18(28)26-13-4-2-11(3-5-13)21(22,23)24/h2-8,14-15,17,27H,9-10H2,1H3,(H,26,28)/t14-,15+,17-,19+,20+/m0/s1. The fraction of sp³-hybridized carbons (Fsp3) is 0.429. The molecule has 5 rings (SSSR count). The normalized spacial score (nSPS) is 33.8. The van der Waals surface area contributed by atoms with Crippen molar-refractivity contribution in [3.63, 3.8) is 0 Å². The predicted octanol–water partition coefficient (Wildman–Crippen LogP) is 2.91. The third kappa shape index (κ3) is 2.45. The Morgan fingerprint density at radius 1 is 1.30 bits per heavy atom. The lowest BCUT2D eigenvalue weighted by Crippen LogP contribution is -2.44. The van der Waals surface area contributed by atoms with E-state index in [2.05, 4.69) is 10.3 Å². The second-order valence-electron chi connectivity index (χ2n) is 8.08. The fourth-order valence-electron chi connectivity index (χ4n) is 5.32. The SMILES string of the molecule is COc1cc([C@@]23C[C@]2(C(=O)Nc2ccc(C(F)(F)F)cc2)[C@H]2C[C@H](O)[C@@H]3O2)ccn1. The van der Waals surface area contributed by atoms with Crippen molar-refractivity contribution in [3.05, 3.63) is 53.7 Å². The quantitative estimate of drug-likeness (QED) is 0.795. The van der Waals surface area contributed by atoms with Gasteiger partial charge in [0.1, 0.15) is 0 Å². The van der Waals surface area contributed by atoms with Crippen molar-refractivity contribution < 1.29 is 32.5 Å². The molecule has 9 heteroatoms. The van der Waals surface area contributed by atoms with Crippen molar-refractivity contribution in [3.8, 4) is 5.88 Å². The maximum Gasteiger partial charge on any atom is 0.416 e. The van der Waals surface area contributed by atoms with E-state index in [9.17, 15) is 23.1 Å². The van der Waals surface area contributed by atoms with Gasteiger partial charge in [0.2, 0.25) is 11.8 Å². The van der Waals surface area contributed by atoms with Crippen molar-refractivity contribution in [1.82, 2.24) is 4.98 Å². The molecule has 0 unspecified atom stereocenters. The van der Waals surface area contributed by atoms with Crippen LogP contribution in [0, 0.1) is 5.41 Å². The van der Waals surface area contributed by atoms with E-state index in [1.165, 1.54) is 19.2 Å². The fourth-order valence-corrected chi connectivity index (χ4v) is 5.32. The Hall–Kier alpha value is -2.65. The first kappa shape index (κ1) is 19.3. The maximum absolute atomic E-state index is 13.3. The molecule has 1 aromatic carbocycles. The van der Waals surface area contributed by atoms with Crippen LogP contribution in [-0.2, 0) is 21.1 Å². The summed E-state index contributed by atoms with van der Waals surface area (Å²) >= 11 is 0. The van der Waals surface area contributed by atoms with Crippen LogP contribution >= 0.6 is 0 Å². The van der Waals surface area contributed by atoms with Gasteiger partial charge in [-0.2, -0.15) is 13.2 Å². The molecular weight excluding hydrogens is 401 g/mol. The van der Waals surface area contributed by atoms with Crippen LogP contribution in [0.3, 0.4) is 0 Å². The van der Waals surface area contributed by atoms with Gasteiger partial charge in [-0.3, -0.25) is 4.79 Å². The van der Waals surface area contributed by atoms with Crippen molar-refractivity contribution in [2.24, 2.45) is 5.41 Å². The zero-order valence-corrected chi connectivity index (χ0v) is 15.9. The molecule has 6 nitrogen and oxygen atoms in total. The molecule has 2 saturated heterocycles. The molecule has 158 valence electrons. The van der Waals surface area contributed by atoms with E-state index in [-0.39, 0.29) is 11.6 Å². The Labute approximate surface area is 170 Å². The minimum atomic E-state index is -4.44. The largest absolute Gasteiger partial charge is 0.481 e. The number of carbonyl (C=O) groups excluding carboxylic acids is 1. The number of hydrogen-bond acceptors (Lipinski definition) is 5. The van der Waals surface area contributed by atoms with Crippen LogP contribution in [0.2, 0.25) is 0 Å². The topological polar surface area (TPSA) is 80.7 Å². The summed E-state index contributed by atoms with van der Waals surface area (Å²) in [6.07, 6.45) is -3.73. The molecule has 1 aliphatic carbocycles. The van der Waals surface area contributed by atoms with Gasteiger partial charge in [-0.15, -0.1) is 0 Å². The molecule has 2 N–H and O–H groups in total. The van der Waals surface area contributed by atoms with Gasteiger partial charge >= 0.3 is 6.18 Å². The summed E-state index contributed by atoms with van der Waals surface area (Å²) in [4.78, 5) is 17.5. The van der Waals surface area contributed by atoms with Gasteiger partial charge in [0.15, 0.2) is 0 Å². The zero-order valence-electron chi connectivity index (χ0n) is 15.9. The number of nitrogens with one attached hydrogen (secondary N) is 1. The summed E-state index contributed by atoms with van der Waals surface area (Å²) in [5, 5.41) is 13.2. The molecule has 5 atom stereocenters. The lowest BCUT2D eigenvalue weighted by Gasteiger charge is -2.29. The van der Waals surface area contributed by atoms with E-state index in [0.29, 0.717) is 18.7 Å². The lowest BCUT2D eigenvalue weighted by atomic mass is 9.74. The van der Waals surface area contributed by atoms with E-state index in [0.717, 1.165) is 17.7 Å². The molecule has 1 saturated carbocycles. The highest BCUT2D eigenvalue weighted by atomic mass is 19.4. The van der Waals surface area contributed by atoms with Crippen LogP contribution in [0.15, 0.2) is 42.6 Å². The predicted molar refractivity (Wildman–Crippen MR) is 98.9 cm³/mol. The zero-order chi connectivity index (χ0) is 21.3. The smallest absolute Gasteiger partial charge is 0.416 e. The Bertz CT molecular complexity index is 1010. The summed E-state index contributed by atoms with van der Waals surface area (Å²) in [7, 11) is 1.49. The average Bonchev–Trinajstić information content (AvgIpc) is 3.21. The summed E-state index contributed by atoms with van der Waals surface area (Å²) < 4.78 is 49.6. The second kappa shape index (κ2) is 6.18. The summed E-state index contributed by atoms with van der Waals surface area (Å²) in [6.45, 7) is 0. The van der Waals surface area contributed by atoms with Crippen LogP contribution in [-0.4, -0.2) is 41.4 Å². The number of carbonyl (C=O) groups is 1. The number of aliphatic hydroxyl groups excluding tert-OH is 1. The van der Waals surface area contributed by atoms with Crippen molar-refractivity contribution >= 4 is 11.6 Å². The van der Waals surface area contributed by atoms with E-state index >= 15 is 0 Å². The van der Waals surface area contributed by atoms with Crippen LogP contribution < -0.4 is 10.1 Å². The minimum Gasteiger partial charge on any atom is -0.481 e. The lowest BCUT2D eigenvalue weighted by molar-refractivity contribution is -0.137. The first-order chi connectivity index (χ1) is 14.2. The third-order valence-corrected chi connectivity index (χ3v) is 6.71. The number of ether oxygens (including phenoxy) is 2. The van der Waals surface area contributed by atoms with Gasteiger partial charge in [-0.1, -0.05) is 0 Å². The van der Waals surface area contributed by atoms with Crippen LogP contribution in [0.5, 0.6) is 5.88 Å². The number of rotatable bonds is 4. The molecule has 3 fully saturated rings. The van der Waals surface area contributed by atoms with E-state index in [4.69, 9.17) is 9.47 Å². The molecule has 30 heavy (non-hydrogen) atoms. The molecule has 1 aromatic heterocycles. The number of methoxy groups -OCH3 is 1. The molecule has 1 amide bonds. The van der Waals surface area contributed by atoms with Crippen molar-refractivity contribution in [2.45, 2.75) is 42.7 Å². The highest BCUT2D eigenvalue weighted by Crippen LogP contribution is 2.77. The van der Waals surface area contributed by atoms with Gasteiger partial charge in [0, 0.05) is 29.8 Å². The average molecular weight is 420 g/mol. The number of anilines is 1. The molecule has 2 aliphatic heterocycles. The number of aliphatic hydroxyl groups is 1. The Morgan fingerprint density at radius 3 is 2.70 bits per heavy atom. The number of nitrogens with zero attached hydrogens (tertiary/aromatic N) is 1. The number of benzene rings is 1. The number of alkyl halides is 3. The van der Waals surface area contributed by atoms with Crippen LogP contribution in [0.1, 0.15) is 24.0 Å². The number of pyridine rings is 1. The second-order valence-corrected chi connectivity index (χ2v) is 8.08. The Kier molecular flexibility index (Phi) is 3.98. The van der Waals surface area contributed by atoms with Gasteiger partial charge in [0.25, 0.3) is 0 Å². The first-order valence-electron chi connectivity index (χ1n) is 9.55. The number of amides is 1. The monoisotopic (exact) mass is 420 g/mol. The molecule has 0 spiro atoms.